The van der Waals surface area contributed by atoms with Gasteiger partial charge in [-0.15, -0.1) is 11.3 Å². The number of rotatable bonds is 4. The van der Waals surface area contributed by atoms with Crippen molar-refractivity contribution < 1.29 is 9.47 Å². The molecule has 0 N–H and O–H groups in total. The molecule has 0 saturated heterocycles. The molecule has 0 radical (unpaired) electrons. The van der Waals surface area contributed by atoms with Crippen LogP contribution in [0.5, 0.6) is 5.75 Å². The molecule has 0 aliphatic heterocycles. The molecule has 2 aromatic carbocycles. The standard InChI is InChI=1S/C18H13Cl2N3O2S/c1-24-8-10-7-21-16-12(3-9(19)4-14(16)22-10)18-23-17-13(20)5-11(25-2)6-15(17)26-18/h3-7H,8H2,1-2H3. The van der Waals surface area contributed by atoms with E-state index in [0.29, 0.717) is 27.9 Å². The fourth-order valence-corrected chi connectivity index (χ4v) is 4.27. The summed E-state index contributed by atoms with van der Waals surface area (Å²) < 4.78 is 11.3. The maximum absolute atomic E-state index is 6.34. The minimum atomic E-state index is 0.390. The summed E-state index contributed by atoms with van der Waals surface area (Å²) in [5, 5.41) is 1.89. The number of fused-ring (bicyclic) bond motifs is 2. The third-order valence-electron chi connectivity index (χ3n) is 3.84. The van der Waals surface area contributed by atoms with Gasteiger partial charge in [0.25, 0.3) is 0 Å². The molecule has 0 spiro atoms. The Kier molecular flexibility index (Phi) is 4.67. The van der Waals surface area contributed by atoms with Crippen molar-refractivity contribution in [1.29, 1.82) is 0 Å². The van der Waals surface area contributed by atoms with Crippen LogP contribution in [0.2, 0.25) is 10.0 Å². The van der Waals surface area contributed by atoms with E-state index in [-0.39, 0.29) is 0 Å². The molecule has 0 fully saturated rings. The summed E-state index contributed by atoms with van der Waals surface area (Å²) in [5.41, 5.74) is 3.72. The molecule has 0 saturated carbocycles. The molecule has 132 valence electrons. The minimum absolute atomic E-state index is 0.390. The first-order valence-electron chi connectivity index (χ1n) is 7.67. The summed E-state index contributed by atoms with van der Waals surface area (Å²) in [6, 6.07) is 7.30. The Hall–Kier alpha value is -1.99. The maximum Gasteiger partial charge on any atom is 0.126 e. The summed E-state index contributed by atoms with van der Waals surface area (Å²) in [7, 11) is 3.23. The molecule has 26 heavy (non-hydrogen) atoms. The zero-order chi connectivity index (χ0) is 18.3. The summed E-state index contributed by atoms with van der Waals surface area (Å²) in [4.78, 5) is 13.8. The highest BCUT2D eigenvalue weighted by Crippen LogP contribution is 2.39. The van der Waals surface area contributed by atoms with Gasteiger partial charge in [0.15, 0.2) is 0 Å². The molecular weight excluding hydrogens is 393 g/mol. The predicted octanol–water partition coefficient (Wildman–Crippen LogP) is 5.37. The highest BCUT2D eigenvalue weighted by molar-refractivity contribution is 7.21. The third-order valence-corrected chi connectivity index (χ3v) is 5.38. The zero-order valence-electron chi connectivity index (χ0n) is 13.9. The highest BCUT2D eigenvalue weighted by Gasteiger charge is 2.16. The fraction of sp³-hybridized carbons (Fsp3) is 0.167. The Morgan fingerprint density at radius 1 is 1.04 bits per heavy atom. The van der Waals surface area contributed by atoms with Crippen molar-refractivity contribution in [3.8, 4) is 16.3 Å². The van der Waals surface area contributed by atoms with Crippen molar-refractivity contribution >= 4 is 55.8 Å². The second-order valence-corrected chi connectivity index (χ2v) is 7.46. The molecule has 8 heteroatoms. The molecule has 0 bridgehead atoms. The van der Waals surface area contributed by atoms with Gasteiger partial charge in [-0.2, -0.15) is 0 Å². The molecule has 2 aromatic heterocycles. The molecule has 5 nitrogen and oxygen atoms in total. The van der Waals surface area contributed by atoms with Gasteiger partial charge in [0.05, 0.1) is 46.4 Å². The maximum atomic E-state index is 6.34. The Balaban J connectivity index is 1.93. The van der Waals surface area contributed by atoms with E-state index >= 15 is 0 Å². The van der Waals surface area contributed by atoms with Crippen LogP contribution in [0.25, 0.3) is 31.8 Å². The van der Waals surface area contributed by atoms with E-state index in [2.05, 4.69) is 15.0 Å². The van der Waals surface area contributed by atoms with Crippen molar-refractivity contribution in [3.63, 3.8) is 0 Å². The summed E-state index contributed by atoms with van der Waals surface area (Å²) in [6.45, 7) is 0.390. The van der Waals surface area contributed by atoms with Crippen LogP contribution < -0.4 is 4.74 Å². The molecule has 4 aromatic rings. The molecule has 0 aliphatic carbocycles. The van der Waals surface area contributed by atoms with Gasteiger partial charge in [0, 0.05) is 23.8 Å². The summed E-state index contributed by atoms with van der Waals surface area (Å²) in [5.74, 6) is 0.692. The number of hydrogen-bond donors (Lipinski definition) is 0. The molecule has 2 heterocycles. The van der Waals surface area contributed by atoms with Crippen LogP contribution in [-0.4, -0.2) is 29.2 Å². The van der Waals surface area contributed by atoms with Crippen LogP contribution in [0.4, 0.5) is 0 Å². The van der Waals surface area contributed by atoms with Gasteiger partial charge in [0.1, 0.15) is 16.3 Å². The lowest BCUT2D eigenvalue weighted by Gasteiger charge is -2.06. The van der Waals surface area contributed by atoms with E-state index in [9.17, 15) is 0 Å². The Labute approximate surface area is 163 Å². The first-order valence-corrected chi connectivity index (χ1v) is 9.25. The quantitative estimate of drug-likeness (QED) is 0.456. The van der Waals surface area contributed by atoms with Crippen LogP contribution in [0, 0.1) is 0 Å². The van der Waals surface area contributed by atoms with E-state index in [1.807, 2.05) is 12.1 Å². The lowest BCUT2D eigenvalue weighted by molar-refractivity contribution is 0.181. The lowest BCUT2D eigenvalue weighted by Crippen LogP contribution is -1.96. The van der Waals surface area contributed by atoms with E-state index < -0.39 is 0 Å². The first-order chi connectivity index (χ1) is 12.6. The molecule has 4 rings (SSSR count). The number of hydrogen-bond acceptors (Lipinski definition) is 6. The number of benzene rings is 2. The number of methoxy groups -OCH3 is 2. The van der Waals surface area contributed by atoms with Crippen LogP contribution in [-0.2, 0) is 11.3 Å². The number of ether oxygens (including phenoxy) is 2. The monoisotopic (exact) mass is 405 g/mol. The highest BCUT2D eigenvalue weighted by atomic mass is 35.5. The molecule has 0 aliphatic rings. The largest absolute Gasteiger partial charge is 0.497 e. The van der Waals surface area contributed by atoms with E-state index in [1.54, 1.807) is 32.5 Å². The first kappa shape index (κ1) is 17.4. The van der Waals surface area contributed by atoms with Gasteiger partial charge in [-0.25, -0.2) is 9.97 Å². The van der Waals surface area contributed by atoms with Gasteiger partial charge in [-0.1, -0.05) is 23.2 Å². The minimum Gasteiger partial charge on any atom is -0.497 e. The van der Waals surface area contributed by atoms with Crippen molar-refractivity contribution in [2.45, 2.75) is 6.61 Å². The van der Waals surface area contributed by atoms with Gasteiger partial charge in [0.2, 0.25) is 0 Å². The van der Waals surface area contributed by atoms with Gasteiger partial charge < -0.3 is 9.47 Å². The number of halogens is 2. The summed E-state index contributed by atoms with van der Waals surface area (Å²) >= 11 is 14.2. The Bertz CT molecular complexity index is 1130. The Morgan fingerprint density at radius 3 is 2.65 bits per heavy atom. The SMILES string of the molecule is COCc1cnc2c(-c3nc4c(Cl)cc(OC)cc4s3)cc(Cl)cc2n1. The van der Waals surface area contributed by atoms with Gasteiger partial charge >= 0.3 is 0 Å². The second-order valence-electron chi connectivity index (χ2n) is 5.59. The zero-order valence-corrected chi connectivity index (χ0v) is 16.2. The van der Waals surface area contributed by atoms with Crippen molar-refractivity contribution in [2.75, 3.05) is 14.2 Å². The third kappa shape index (κ3) is 3.10. The average molecular weight is 406 g/mol. The van der Waals surface area contributed by atoms with E-state index in [4.69, 9.17) is 32.7 Å². The molecule has 0 amide bonds. The average Bonchev–Trinajstić information content (AvgIpc) is 3.05. The fourth-order valence-electron chi connectivity index (χ4n) is 2.71. The van der Waals surface area contributed by atoms with Crippen molar-refractivity contribution in [1.82, 2.24) is 15.0 Å². The molecular formula is C18H13Cl2N3O2S. The number of aromatic nitrogens is 3. The number of thiazole rings is 1. The van der Waals surface area contributed by atoms with Gasteiger partial charge in [-0.05, 0) is 18.2 Å². The smallest absolute Gasteiger partial charge is 0.126 e. The Morgan fingerprint density at radius 2 is 1.88 bits per heavy atom. The van der Waals surface area contributed by atoms with Crippen LogP contribution in [0.3, 0.4) is 0 Å². The molecule has 0 atom stereocenters. The van der Waals surface area contributed by atoms with Crippen LogP contribution in [0.1, 0.15) is 5.69 Å². The number of nitrogens with zero attached hydrogens (tertiary/aromatic N) is 3. The van der Waals surface area contributed by atoms with E-state index in [0.717, 1.165) is 32.0 Å². The second kappa shape index (κ2) is 6.96. The van der Waals surface area contributed by atoms with E-state index in [1.165, 1.54) is 11.3 Å². The molecule has 0 unspecified atom stereocenters. The topological polar surface area (TPSA) is 57.1 Å². The normalized spacial score (nSPS) is 11.4. The van der Waals surface area contributed by atoms with Crippen LogP contribution in [0.15, 0.2) is 30.5 Å². The van der Waals surface area contributed by atoms with Crippen molar-refractivity contribution in [2.24, 2.45) is 0 Å². The summed E-state index contributed by atoms with van der Waals surface area (Å²) in [6.07, 6.45) is 1.70. The van der Waals surface area contributed by atoms with Gasteiger partial charge in [-0.3, -0.25) is 4.98 Å². The predicted molar refractivity (Wildman–Crippen MR) is 105 cm³/mol. The van der Waals surface area contributed by atoms with Crippen LogP contribution >= 0.6 is 34.5 Å². The lowest BCUT2D eigenvalue weighted by atomic mass is 10.1. The van der Waals surface area contributed by atoms with Crippen molar-refractivity contribution in [3.05, 3.63) is 46.2 Å².